The Balaban J connectivity index is 1.19. The van der Waals surface area contributed by atoms with Crippen molar-refractivity contribution in [2.45, 2.75) is 166 Å². The molecule has 5 aliphatic carbocycles. The number of esters is 1. The van der Waals surface area contributed by atoms with Gasteiger partial charge in [0, 0.05) is 12.8 Å². The van der Waals surface area contributed by atoms with Crippen LogP contribution in [0.3, 0.4) is 0 Å². The number of aliphatic hydroxyl groups excluding tert-OH is 4. The number of fused-ring (bicyclic) bond motifs is 4. The monoisotopic (exact) mass is 695 g/mol. The van der Waals surface area contributed by atoms with Gasteiger partial charge < -0.3 is 55.3 Å². The van der Waals surface area contributed by atoms with Crippen molar-refractivity contribution >= 4 is 5.97 Å². The molecule has 0 bridgehead atoms. The van der Waals surface area contributed by atoms with E-state index in [1.807, 2.05) is 6.92 Å². The lowest BCUT2D eigenvalue weighted by Gasteiger charge is -2.63. The van der Waals surface area contributed by atoms with E-state index in [-0.39, 0.29) is 46.7 Å². The van der Waals surface area contributed by atoms with Crippen LogP contribution < -0.4 is 5.73 Å². The molecule has 2 spiro atoms. The lowest BCUT2D eigenvalue weighted by atomic mass is 9.43. The number of hydrogen-bond donors (Lipinski definition) is 7. The van der Waals surface area contributed by atoms with Crippen molar-refractivity contribution in [3.63, 3.8) is 0 Å². The van der Waals surface area contributed by atoms with E-state index < -0.39 is 77.1 Å². The Kier molecular flexibility index (Phi) is 8.22. The average Bonchev–Trinajstić information content (AvgIpc) is 3.49. The quantitative estimate of drug-likeness (QED) is 0.162. The van der Waals surface area contributed by atoms with Crippen LogP contribution in [0.5, 0.6) is 0 Å². The van der Waals surface area contributed by atoms with Crippen LogP contribution in [0.1, 0.15) is 100 Å². The maximum atomic E-state index is 12.6. The Hall–Kier alpha value is -0.930. The van der Waals surface area contributed by atoms with Gasteiger partial charge in [0.2, 0.25) is 0 Å². The van der Waals surface area contributed by atoms with Gasteiger partial charge in [0.15, 0.2) is 18.2 Å². The third-order valence-electron chi connectivity index (χ3n) is 16.1. The first kappa shape index (κ1) is 36.4. The molecule has 0 aromatic rings. The smallest absolute Gasteiger partial charge is 0.303 e. The van der Waals surface area contributed by atoms with Crippen molar-refractivity contribution in [3.05, 3.63) is 0 Å². The third-order valence-corrected chi connectivity index (χ3v) is 16.1. The lowest BCUT2D eigenvalue weighted by Crippen LogP contribution is -2.70. The van der Waals surface area contributed by atoms with Crippen LogP contribution in [0.2, 0.25) is 0 Å². The topological polar surface area (TPSA) is 201 Å². The van der Waals surface area contributed by atoms with E-state index >= 15 is 0 Å². The number of rotatable bonds is 5. The molecule has 2 aliphatic heterocycles. The molecule has 0 aromatic heterocycles. The Labute approximate surface area is 290 Å². The zero-order valence-corrected chi connectivity index (χ0v) is 30.5. The fraction of sp³-hybridized carbons (Fsp3) is 0.973. The fourth-order valence-electron chi connectivity index (χ4n) is 14.2. The SMILES string of the molecule is CC(=O)O[C@@H]([C@H]1C[C@@H](C)C2[C@@](O)(O1)[C@H](O)[C@@]1(N)[C@@H]3CC[C@H]4C(C)(C)[C@@H](O[C@@H]5OC[C@H](O)[C@H](O)[C@H]5O)CC[C@@]45[C@@H](C)[C@@]35CC[C@]21C)C(C)(C)O. The normalized spacial score (nSPS) is 56.7. The second-order valence-electron chi connectivity index (χ2n) is 18.8. The molecule has 49 heavy (non-hydrogen) atoms. The molecule has 5 saturated carbocycles. The van der Waals surface area contributed by atoms with Gasteiger partial charge in [-0.1, -0.05) is 34.6 Å². The number of hydrogen-bond acceptors (Lipinski definition) is 12. The summed E-state index contributed by atoms with van der Waals surface area (Å²) in [5.41, 5.74) is 3.97. The minimum absolute atomic E-state index is 0.0405. The molecular weight excluding hydrogens is 634 g/mol. The molecule has 7 rings (SSSR count). The van der Waals surface area contributed by atoms with E-state index in [2.05, 4.69) is 27.7 Å². The molecule has 2 heterocycles. The number of aliphatic hydroxyl groups is 6. The van der Waals surface area contributed by atoms with E-state index in [4.69, 9.17) is 24.7 Å². The van der Waals surface area contributed by atoms with E-state index in [1.54, 1.807) is 13.8 Å². The summed E-state index contributed by atoms with van der Waals surface area (Å²) < 4.78 is 24.2. The van der Waals surface area contributed by atoms with Crippen LogP contribution in [0, 0.1) is 51.2 Å². The van der Waals surface area contributed by atoms with Gasteiger partial charge in [0.05, 0.1) is 23.9 Å². The van der Waals surface area contributed by atoms with Crippen molar-refractivity contribution in [1.29, 1.82) is 0 Å². The van der Waals surface area contributed by atoms with Crippen molar-refractivity contribution in [3.8, 4) is 0 Å². The Bertz CT molecular complexity index is 1340. The molecule has 2 saturated heterocycles. The summed E-state index contributed by atoms with van der Waals surface area (Å²) >= 11 is 0. The average molecular weight is 696 g/mol. The molecule has 1 unspecified atom stereocenters. The van der Waals surface area contributed by atoms with E-state index in [9.17, 15) is 35.4 Å². The van der Waals surface area contributed by atoms with Crippen molar-refractivity contribution in [2.24, 2.45) is 57.0 Å². The molecule has 0 aromatic carbocycles. The summed E-state index contributed by atoms with van der Waals surface area (Å²) in [7, 11) is 0. The molecule has 0 amide bonds. The van der Waals surface area contributed by atoms with Crippen LogP contribution in [0.25, 0.3) is 0 Å². The first-order chi connectivity index (χ1) is 22.6. The minimum atomic E-state index is -1.99. The summed E-state index contributed by atoms with van der Waals surface area (Å²) in [4.78, 5) is 12.1. The number of ether oxygens (including phenoxy) is 4. The van der Waals surface area contributed by atoms with Crippen LogP contribution >= 0.6 is 0 Å². The van der Waals surface area contributed by atoms with Crippen molar-refractivity contribution < 1.29 is 54.4 Å². The summed E-state index contributed by atoms with van der Waals surface area (Å²) in [6.45, 7) is 15.3. The van der Waals surface area contributed by atoms with Gasteiger partial charge >= 0.3 is 5.97 Å². The number of nitrogens with two attached hydrogens (primary N) is 1. The molecule has 7 aliphatic rings. The molecule has 18 atom stereocenters. The molecule has 7 fully saturated rings. The van der Waals surface area contributed by atoms with Gasteiger partial charge in [-0.3, -0.25) is 4.79 Å². The van der Waals surface area contributed by atoms with E-state index in [1.165, 1.54) is 6.92 Å². The van der Waals surface area contributed by atoms with E-state index in [0.717, 1.165) is 38.5 Å². The summed E-state index contributed by atoms with van der Waals surface area (Å²) in [5, 5.41) is 67.0. The second kappa shape index (κ2) is 11.1. The molecule has 8 N–H and O–H groups in total. The second-order valence-corrected chi connectivity index (χ2v) is 18.8. The third kappa shape index (κ3) is 4.42. The van der Waals surface area contributed by atoms with Gasteiger partial charge in [-0.25, -0.2) is 0 Å². The van der Waals surface area contributed by atoms with Gasteiger partial charge in [-0.2, -0.15) is 0 Å². The Morgan fingerprint density at radius 3 is 2.22 bits per heavy atom. The maximum Gasteiger partial charge on any atom is 0.303 e. The van der Waals surface area contributed by atoms with Gasteiger partial charge in [-0.05, 0) is 104 Å². The van der Waals surface area contributed by atoms with Gasteiger partial charge in [0.25, 0.3) is 0 Å². The van der Waals surface area contributed by atoms with Crippen LogP contribution in [-0.4, -0.2) is 109 Å². The Morgan fingerprint density at radius 1 is 0.959 bits per heavy atom. The summed E-state index contributed by atoms with van der Waals surface area (Å²) in [5.74, 6) is -2.64. The Morgan fingerprint density at radius 2 is 1.59 bits per heavy atom. The molecule has 12 nitrogen and oxygen atoms in total. The standard InChI is InChI=1S/C37H61NO11/c1-17-15-21(28(32(6,7)44)47-19(3)39)49-37(45)27(17)33(8)13-14-35-18(2)34(35)12-11-24(48-29-26(42)25(41)20(40)16-46-29)31(4,5)22(34)9-10-23(35)36(33,38)30(37)43/h17-18,20-30,40-45H,9-16,38H2,1-8H3/t17-,18-,20+,21-,22+,23-,24+,25+,26-,27?,28+,29+,30-,33-,34-,35+,36+,37-/m1/s1. The molecule has 280 valence electrons. The first-order valence-electron chi connectivity index (χ1n) is 18.6. The molecule has 0 radical (unpaired) electrons. The highest BCUT2D eigenvalue weighted by atomic mass is 16.7. The van der Waals surface area contributed by atoms with Crippen molar-refractivity contribution in [1.82, 2.24) is 0 Å². The van der Waals surface area contributed by atoms with Gasteiger partial charge in [0.1, 0.15) is 30.5 Å². The predicted octanol–water partition coefficient (Wildman–Crippen LogP) is 1.58. The predicted molar refractivity (Wildman–Crippen MR) is 175 cm³/mol. The molecular formula is C37H61NO11. The maximum absolute atomic E-state index is 12.6. The largest absolute Gasteiger partial charge is 0.457 e. The van der Waals surface area contributed by atoms with E-state index in [0.29, 0.717) is 12.3 Å². The highest BCUT2D eigenvalue weighted by Gasteiger charge is 2.90. The van der Waals surface area contributed by atoms with Crippen molar-refractivity contribution in [2.75, 3.05) is 6.61 Å². The highest BCUT2D eigenvalue weighted by Crippen LogP contribution is 2.90. The summed E-state index contributed by atoms with van der Waals surface area (Å²) in [6, 6.07) is 0. The first-order valence-corrected chi connectivity index (χ1v) is 18.6. The van der Waals surface area contributed by atoms with Gasteiger partial charge in [-0.15, -0.1) is 0 Å². The zero-order valence-electron chi connectivity index (χ0n) is 30.5. The highest BCUT2D eigenvalue weighted by molar-refractivity contribution is 5.66. The fourth-order valence-corrected chi connectivity index (χ4v) is 14.2. The zero-order chi connectivity index (χ0) is 36.1. The summed E-state index contributed by atoms with van der Waals surface area (Å²) in [6.07, 6.45) is -3.07. The minimum Gasteiger partial charge on any atom is -0.457 e. The van der Waals surface area contributed by atoms with Crippen LogP contribution in [0.15, 0.2) is 0 Å². The van der Waals surface area contributed by atoms with Crippen LogP contribution in [-0.2, 0) is 23.7 Å². The number of carbonyl (C=O) groups excluding carboxylic acids is 1. The number of carbonyl (C=O) groups is 1. The lowest BCUT2D eigenvalue weighted by molar-refractivity contribution is -0.341. The van der Waals surface area contributed by atoms with Crippen LogP contribution in [0.4, 0.5) is 0 Å². The molecule has 12 heteroatoms.